The van der Waals surface area contributed by atoms with E-state index in [2.05, 4.69) is 16.9 Å². The van der Waals surface area contributed by atoms with Crippen molar-refractivity contribution in [2.24, 2.45) is 0 Å². The number of nitrogens with zero attached hydrogens (tertiary/aromatic N) is 1. The standard InChI is InChI=1S/C7H9N3OS/c1-2-3-9-6(11)5-4-10-7(8)12-5/h2,4H,1,3H2,(H2,8,10)(H,9,11). The average Bonchev–Trinajstić information content (AvgIpc) is 2.47. The monoisotopic (exact) mass is 183 g/mol. The smallest absolute Gasteiger partial charge is 0.263 e. The minimum absolute atomic E-state index is 0.163. The highest BCUT2D eigenvalue weighted by atomic mass is 32.1. The van der Waals surface area contributed by atoms with Gasteiger partial charge in [-0.3, -0.25) is 4.79 Å². The third-order valence-corrected chi connectivity index (χ3v) is 1.98. The summed E-state index contributed by atoms with van der Waals surface area (Å²) >= 11 is 1.17. The summed E-state index contributed by atoms with van der Waals surface area (Å²) in [7, 11) is 0. The highest BCUT2D eigenvalue weighted by Gasteiger charge is 2.06. The highest BCUT2D eigenvalue weighted by Crippen LogP contribution is 2.13. The third kappa shape index (κ3) is 2.06. The SMILES string of the molecule is C=CCNC(=O)c1cnc(N)s1. The molecule has 0 spiro atoms. The van der Waals surface area contributed by atoms with Crippen LogP contribution >= 0.6 is 11.3 Å². The van der Waals surface area contributed by atoms with Crippen LogP contribution in [0, 0.1) is 0 Å². The average molecular weight is 183 g/mol. The molecule has 0 saturated heterocycles. The van der Waals surface area contributed by atoms with Crippen LogP contribution in [0.25, 0.3) is 0 Å². The molecule has 0 unspecified atom stereocenters. The van der Waals surface area contributed by atoms with Gasteiger partial charge in [0.25, 0.3) is 5.91 Å². The van der Waals surface area contributed by atoms with Crippen molar-refractivity contribution in [2.45, 2.75) is 0 Å². The number of nitrogens with two attached hydrogens (primary N) is 1. The van der Waals surface area contributed by atoms with Crippen LogP contribution in [-0.4, -0.2) is 17.4 Å². The number of hydrogen-bond acceptors (Lipinski definition) is 4. The molecule has 0 radical (unpaired) electrons. The number of carbonyl (C=O) groups is 1. The van der Waals surface area contributed by atoms with E-state index in [1.165, 1.54) is 17.5 Å². The summed E-state index contributed by atoms with van der Waals surface area (Å²) in [5.41, 5.74) is 5.35. The van der Waals surface area contributed by atoms with Gasteiger partial charge in [-0.1, -0.05) is 17.4 Å². The van der Waals surface area contributed by atoms with E-state index < -0.39 is 0 Å². The first-order valence-electron chi connectivity index (χ1n) is 3.34. The van der Waals surface area contributed by atoms with E-state index in [4.69, 9.17) is 5.73 Å². The molecule has 1 amide bonds. The Bertz CT molecular complexity index is 295. The van der Waals surface area contributed by atoms with E-state index in [9.17, 15) is 4.79 Å². The van der Waals surface area contributed by atoms with Gasteiger partial charge in [0.15, 0.2) is 5.13 Å². The Morgan fingerprint density at radius 3 is 3.17 bits per heavy atom. The quantitative estimate of drug-likeness (QED) is 0.676. The van der Waals surface area contributed by atoms with Crippen molar-refractivity contribution in [3.05, 3.63) is 23.7 Å². The number of aromatic nitrogens is 1. The number of amides is 1. The fourth-order valence-corrected chi connectivity index (χ4v) is 1.25. The Morgan fingerprint density at radius 2 is 2.67 bits per heavy atom. The number of thiazole rings is 1. The number of hydrogen-bond donors (Lipinski definition) is 2. The molecule has 0 aliphatic rings. The molecule has 0 aromatic carbocycles. The molecule has 0 fully saturated rings. The molecular weight excluding hydrogens is 174 g/mol. The number of rotatable bonds is 3. The van der Waals surface area contributed by atoms with Crippen molar-refractivity contribution in [2.75, 3.05) is 12.3 Å². The van der Waals surface area contributed by atoms with Gasteiger partial charge in [-0.25, -0.2) is 4.98 Å². The molecule has 12 heavy (non-hydrogen) atoms. The molecule has 0 atom stereocenters. The summed E-state index contributed by atoms with van der Waals surface area (Å²) in [5.74, 6) is -0.163. The Morgan fingerprint density at radius 1 is 1.92 bits per heavy atom. The van der Waals surface area contributed by atoms with Crippen molar-refractivity contribution < 1.29 is 4.79 Å². The molecule has 1 rings (SSSR count). The van der Waals surface area contributed by atoms with E-state index in [0.29, 0.717) is 16.6 Å². The van der Waals surface area contributed by atoms with Gasteiger partial charge < -0.3 is 11.1 Å². The fraction of sp³-hybridized carbons (Fsp3) is 0.143. The number of carbonyl (C=O) groups excluding carboxylic acids is 1. The number of nitrogens with one attached hydrogen (secondary N) is 1. The molecule has 1 aromatic rings. The maximum absolute atomic E-state index is 11.2. The molecule has 0 bridgehead atoms. The van der Waals surface area contributed by atoms with Crippen molar-refractivity contribution in [1.29, 1.82) is 0 Å². The lowest BCUT2D eigenvalue weighted by molar-refractivity contribution is 0.0962. The first-order valence-corrected chi connectivity index (χ1v) is 4.16. The number of nitrogen functional groups attached to an aromatic ring is 1. The zero-order valence-electron chi connectivity index (χ0n) is 6.41. The van der Waals surface area contributed by atoms with E-state index >= 15 is 0 Å². The summed E-state index contributed by atoms with van der Waals surface area (Å²) in [6, 6.07) is 0. The van der Waals surface area contributed by atoms with Crippen LogP contribution in [0.4, 0.5) is 5.13 Å². The second kappa shape index (κ2) is 3.87. The van der Waals surface area contributed by atoms with E-state index in [1.54, 1.807) is 6.08 Å². The Hall–Kier alpha value is -1.36. The lowest BCUT2D eigenvalue weighted by atomic mass is 10.5. The zero-order chi connectivity index (χ0) is 8.97. The first kappa shape index (κ1) is 8.73. The van der Waals surface area contributed by atoms with Gasteiger partial charge >= 0.3 is 0 Å². The van der Waals surface area contributed by atoms with Crippen molar-refractivity contribution in [1.82, 2.24) is 10.3 Å². The molecule has 4 nitrogen and oxygen atoms in total. The van der Waals surface area contributed by atoms with Gasteiger partial charge in [0.2, 0.25) is 0 Å². The summed E-state index contributed by atoms with van der Waals surface area (Å²) in [4.78, 5) is 15.5. The Balaban J connectivity index is 2.59. The van der Waals surface area contributed by atoms with Gasteiger partial charge in [0, 0.05) is 6.54 Å². The second-order valence-electron chi connectivity index (χ2n) is 2.06. The van der Waals surface area contributed by atoms with E-state index in [-0.39, 0.29) is 5.91 Å². The lowest BCUT2D eigenvalue weighted by Crippen LogP contribution is -2.22. The molecule has 5 heteroatoms. The van der Waals surface area contributed by atoms with Crippen molar-refractivity contribution >= 4 is 22.4 Å². The minimum atomic E-state index is -0.163. The van der Waals surface area contributed by atoms with Gasteiger partial charge in [-0.2, -0.15) is 0 Å². The van der Waals surface area contributed by atoms with Crippen molar-refractivity contribution in [3.63, 3.8) is 0 Å². The summed E-state index contributed by atoms with van der Waals surface area (Å²) in [6.45, 7) is 3.93. The van der Waals surface area contributed by atoms with Crippen LogP contribution in [-0.2, 0) is 0 Å². The van der Waals surface area contributed by atoms with Crippen LogP contribution in [0.15, 0.2) is 18.9 Å². The van der Waals surface area contributed by atoms with Crippen LogP contribution in [0.2, 0.25) is 0 Å². The van der Waals surface area contributed by atoms with Crippen LogP contribution in [0.3, 0.4) is 0 Å². The minimum Gasteiger partial charge on any atom is -0.375 e. The molecule has 64 valence electrons. The summed E-state index contributed by atoms with van der Waals surface area (Å²) < 4.78 is 0. The van der Waals surface area contributed by atoms with E-state index in [1.807, 2.05) is 0 Å². The van der Waals surface area contributed by atoms with Crippen molar-refractivity contribution in [3.8, 4) is 0 Å². The van der Waals surface area contributed by atoms with Gasteiger partial charge in [0.05, 0.1) is 6.20 Å². The lowest BCUT2D eigenvalue weighted by Gasteiger charge is -1.96. The molecule has 3 N–H and O–H groups in total. The predicted octanol–water partition coefficient (Wildman–Crippen LogP) is 0.641. The Labute approximate surface area is 74.1 Å². The largest absolute Gasteiger partial charge is 0.375 e. The summed E-state index contributed by atoms with van der Waals surface area (Å²) in [5, 5.41) is 3.02. The fourth-order valence-electron chi connectivity index (χ4n) is 0.645. The first-order chi connectivity index (χ1) is 5.74. The van der Waals surface area contributed by atoms with Gasteiger partial charge in [-0.15, -0.1) is 6.58 Å². The van der Waals surface area contributed by atoms with E-state index in [0.717, 1.165) is 0 Å². The number of anilines is 1. The van der Waals surface area contributed by atoms with Crippen LogP contribution in [0.5, 0.6) is 0 Å². The maximum Gasteiger partial charge on any atom is 0.263 e. The zero-order valence-corrected chi connectivity index (χ0v) is 7.23. The third-order valence-electron chi connectivity index (χ3n) is 1.15. The topological polar surface area (TPSA) is 68.0 Å². The molecule has 0 aliphatic carbocycles. The molecular formula is C7H9N3OS. The van der Waals surface area contributed by atoms with Gasteiger partial charge in [0.1, 0.15) is 4.88 Å². The molecule has 0 saturated carbocycles. The Kier molecular flexibility index (Phi) is 2.82. The highest BCUT2D eigenvalue weighted by molar-refractivity contribution is 7.17. The molecule has 1 heterocycles. The van der Waals surface area contributed by atoms with Gasteiger partial charge in [-0.05, 0) is 0 Å². The summed E-state index contributed by atoms with van der Waals surface area (Å²) in [6.07, 6.45) is 3.07. The maximum atomic E-state index is 11.2. The van der Waals surface area contributed by atoms with Crippen LogP contribution < -0.4 is 11.1 Å². The predicted molar refractivity (Wildman–Crippen MR) is 49.1 cm³/mol. The second-order valence-corrected chi connectivity index (χ2v) is 3.12. The normalized spacial score (nSPS) is 9.33. The molecule has 1 aromatic heterocycles. The molecule has 0 aliphatic heterocycles. The van der Waals surface area contributed by atoms with Crippen LogP contribution in [0.1, 0.15) is 9.67 Å².